The van der Waals surface area contributed by atoms with Crippen LogP contribution in [0.25, 0.3) is 0 Å². The van der Waals surface area contributed by atoms with Crippen LogP contribution in [-0.2, 0) is 11.3 Å². The zero-order valence-electron chi connectivity index (χ0n) is 12.8. The van der Waals surface area contributed by atoms with Gasteiger partial charge in [0.15, 0.2) is 0 Å². The molecule has 0 aliphatic heterocycles. The maximum absolute atomic E-state index is 11.6. The molecule has 1 aromatic rings. The molecule has 4 heteroatoms. The molecule has 0 radical (unpaired) electrons. The van der Waals surface area contributed by atoms with Crippen LogP contribution in [0.3, 0.4) is 0 Å². The highest BCUT2D eigenvalue weighted by molar-refractivity contribution is 5.90. The van der Waals surface area contributed by atoms with E-state index in [4.69, 9.17) is 4.74 Å². The van der Waals surface area contributed by atoms with E-state index in [0.29, 0.717) is 18.7 Å². The zero-order valence-corrected chi connectivity index (χ0v) is 12.8. The standard InChI is InChI=1S/C16H25NO3/c1-16(2,3)9-13(18)11-17-10-12-7-5-6-8-14(12)15(19)20-4/h5-8,13,17-18H,9-11H2,1-4H3. The number of ether oxygens (including phenoxy) is 1. The third-order valence-electron chi connectivity index (χ3n) is 2.97. The van der Waals surface area contributed by atoms with Crippen molar-refractivity contribution in [1.82, 2.24) is 5.32 Å². The first-order chi connectivity index (χ1) is 9.33. The Balaban J connectivity index is 2.52. The van der Waals surface area contributed by atoms with Gasteiger partial charge in [-0.05, 0) is 23.5 Å². The Hall–Kier alpha value is -1.39. The average molecular weight is 279 g/mol. The molecule has 1 atom stereocenters. The SMILES string of the molecule is COC(=O)c1ccccc1CNCC(O)CC(C)(C)C. The van der Waals surface area contributed by atoms with Crippen molar-refractivity contribution in [1.29, 1.82) is 0 Å². The van der Waals surface area contributed by atoms with Gasteiger partial charge in [-0.3, -0.25) is 0 Å². The molecule has 0 bridgehead atoms. The lowest BCUT2D eigenvalue weighted by molar-refractivity contribution is 0.0599. The van der Waals surface area contributed by atoms with Crippen molar-refractivity contribution in [3.05, 3.63) is 35.4 Å². The number of methoxy groups -OCH3 is 1. The number of carbonyl (C=O) groups is 1. The Bertz CT molecular complexity index is 438. The summed E-state index contributed by atoms with van der Waals surface area (Å²) in [6.07, 6.45) is 0.346. The summed E-state index contributed by atoms with van der Waals surface area (Å²) in [4.78, 5) is 11.6. The number of carbonyl (C=O) groups excluding carboxylic acids is 1. The van der Waals surface area contributed by atoms with E-state index in [2.05, 4.69) is 26.1 Å². The number of hydrogen-bond donors (Lipinski definition) is 2. The van der Waals surface area contributed by atoms with Crippen LogP contribution >= 0.6 is 0 Å². The number of esters is 1. The van der Waals surface area contributed by atoms with Gasteiger partial charge in [-0.25, -0.2) is 4.79 Å². The smallest absolute Gasteiger partial charge is 0.338 e. The lowest BCUT2D eigenvalue weighted by Crippen LogP contribution is -2.30. The lowest BCUT2D eigenvalue weighted by Gasteiger charge is -2.22. The molecule has 1 rings (SSSR count). The number of nitrogens with one attached hydrogen (secondary N) is 1. The Labute approximate surface area is 121 Å². The molecule has 112 valence electrons. The quantitative estimate of drug-likeness (QED) is 0.785. The van der Waals surface area contributed by atoms with Gasteiger partial charge in [0.1, 0.15) is 0 Å². The van der Waals surface area contributed by atoms with E-state index in [1.807, 2.05) is 18.2 Å². The zero-order chi connectivity index (χ0) is 15.2. The Kier molecular flexibility index (Phi) is 6.17. The normalized spacial score (nSPS) is 13.1. The van der Waals surface area contributed by atoms with Crippen molar-refractivity contribution in [2.24, 2.45) is 5.41 Å². The minimum atomic E-state index is -0.389. The Morgan fingerprint density at radius 1 is 1.35 bits per heavy atom. The van der Waals surface area contributed by atoms with Crippen LogP contribution in [0.4, 0.5) is 0 Å². The Morgan fingerprint density at radius 3 is 2.60 bits per heavy atom. The summed E-state index contributed by atoms with van der Waals surface area (Å²) in [6.45, 7) is 7.34. The average Bonchev–Trinajstić information content (AvgIpc) is 2.36. The number of aliphatic hydroxyl groups excluding tert-OH is 1. The molecule has 0 aliphatic carbocycles. The van der Waals surface area contributed by atoms with Crippen molar-refractivity contribution < 1.29 is 14.6 Å². The second-order valence-electron chi connectivity index (χ2n) is 6.20. The monoisotopic (exact) mass is 279 g/mol. The number of rotatable bonds is 6. The minimum Gasteiger partial charge on any atom is -0.465 e. The molecule has 0 fully saturated rings. The molecule has 1 unspecified atom stereocenters. The molecule has 2 N–H and O–H groups in total. The molecule has 0 spiro atoms. The van der Waals surface area contributed by atoms with E-state index in [0.717, 1.165) is 12.0 Å². The largest absolute Gasteiger partial charge is 0.465 e. The van der Waals surface area contributed by atoms with Crippen molar-refractivity contribution >= 4 is 5.97 Å². The van der Waals surface area contributed by atoms with Gasteiger partial charge in [0.05, 0.1) is 18.8 Å². The van der Waals surface area contributed by atoms with Crippen LogP contribution in [0.1, 0.15) is 43.1 Å². The molecule has 0 aromatic heterocycles. The van der Waals surface area contributed by atoms with Gasteiger partial charge >= 0.3 is 5.97 Å². The van der Waals surface area contributed by atoms with E-state index >= 15 is 0 Å². The summed E-state index contributed by atoms with van der Waals surface area (Å²) in [5.74, 6) is -0.336. The first kappa shape index (κ1) is 16.7. The molecule has 4 nitrogen and oxygen atoms in total. The second-order valence-corrected chi connectivity index (χ2v) is 6.20. The highest BCUT2D eigenvalue weighted by Crippen LogP contribution is 2.20. The maximum Gasteiger partial charge on any atom is 0.338 e. The van der Waals surface area contributed by atoms with Crippen molar-refractivity contribution in [2.45, 2.75) is 39.8 Å². The Morgan fingerprint density at radius 2 is 2.00 bits per heavy atom. The molecular formula is C16H25NO3. The highest BCUT2D eigenvalue weighted by atomic mass is 16.5. The van der Waals surface area contributed by atoms with Gasteiger partial charge < -0.3 is 15.2 Å². The van der Waals surface area contributed by atoms with Crippen LogP contribution in [0, 0.1) is 5.41 Å². The number of hydrogen-bond acceptors (Lipinski definition) is 4. The van der Waals surface area contributed by atoms with Crippen molar-refractivity contribution in [3.8, 4) is 0 Å². The van der Waals surface area contributed by atoms with Gasteiger partial charge in [0.2, 0.25) is 0 Å². The molecule has 0 amide bonds. The van der Waals surface area contributed by atoms with E-state index in [9.17, 15) is 9.90 Å². The maximum atomic E-state index is 11.6. The van der Waals surface area contributed by atoms with Crippen LogP contribution < -0.4 is 5.32 Å². The van der Waals surface area contributed by atoms with Crippen molar-refractivity contribution in [3.63, 3.8) is 0 Å². The van der Waals surface area contributed by atoms with Crippen LogP contribution in [0.15, 0.2) is 24.3 Å². The third-order valence-corrected chi connectivity index (χ3v) is 2.97. The lowest BCUT2D eigenvalue weighted by atomic mass is 9.89. The van der Waals surface area contributed by atoms with Crippen LogP contribution in [0.5, 0.6) is 0 Å². The summed E-state index contributed by atoms with van der Waals surface area (Å²) in [6, 6.07) is 7.32. The van der Waals surface area contributed by atoms with Gasteiger partial charge in [0.25, 0.3) is 0 Å². The highest BCUT2D eigenvalue weighted by Gasteiger charge is 2.16. The predicted molar refractivity (Wildman–Crippen MR) is 79.6 cm³/mol. The van der Waals surface area contributed by atoms with E-state index < -0.39 is 0 Å². The summed E-state index contributed by atoms with van der Waals surface area (Å²) < 4.78 is 4.75. The van der Waals surface area contributed by atoms with E-state index in [1.165, 1.54) is 7.11 Å². The van der Waals surface area contributed by atoms with Gasteiger partial charge in [-0.15, -0.1) is 0 Å². The first-order valence-electron chi connectivity index (χ1n) is 6.88. The van der Waals surface area contributed by atoms with Crippen LogP contribution in [-0.4, -0.2) is 30.8 Å². The first-order valence-corrected chi connectivity index (χ1v) is 6.88. The summed E-state index contributed by atoms with van der Waals surface area (Å²) >= 11 is 0. The number of benzene rings is 1. The summed E-state index contributed by atoms with van der Waals surface area (Å²) in [7, 11) is 1.37. The molecule has 20 heavy (non-hydrogen) atoms. The van der Waals surface area contributed by atoms with E-state index in [1.54, 1.807) is 6.07 Å². The summed E-state index contributed by atoms with van der Waals surface area (Å²) in [5, 5.41) is 13.1. The topological polar surface area (TPSA) is 58.6 Å². The molecular weight excluding hydrogens is 254 g/mol. The molecule has 0 aliphatic rings. The molecule has 0 saturated carbocycles. The third kappa shape index (κ3) is 5.72. The molecule has 0 heterocycles. The van der Waals surface area contributed by atoms with Gasteiger partial charge in [-0.2, -0.15) is 0 Å². The fourth-order valence-corrected chi connectivity index (χ4v) is 2.14. The van der Waals surface area contributed by atoms with Gasteiger partial charge in [-0.1, -0.05) is 39.0 Å². The minimum absolute atomic E-state index is 0.102. The predicted octanol–water partition coefficient (Wildman–Crippen LogP) is 2.36. The number of aliphatic hydroxyl groups is 1. The van der Waals surface area contributed by atoms with E-state index in [-0.39, 0.29) is 17.5 Å². The fourth-order valence-electron chi connectivity index (χ4n) is 2.14. The second kappa shape index (κ2) is 7.41. The molecule has 0 saturated heterocycles. The summed E-state index contributed by atoms with van der Waals surface area (Å²) in [5.41, 5.74) is 1.54. The van der Waals surface area contributed by atoms with Gasteiger partial charge in [0, 0.05) is 13.1 Å². The fraction of sp³-hybridized carbons (Fsp3) is 0.562. The van der Waals surface area contributed by atoms with Crippen molar-refractivity contribution in [2.75, 3.05) is 13.7 Å². The van der Waals surface area contributed by atoms with Crippen LogP contribution in [0.2, 0.25) is 0 Å². The molecule has 1 aromatic carbocycles.